The van der Waals surface area contributed by atoms with Crippen molar-refractivity contribution in [3.8, 4) is 34.3 Å². The molecule has 41 heavy (non-hydrogen) atoms. The molecule has 2 aliphatic heterocycles. The molecule has 2 aromatic carbocycles. The average Bonchev–Trinajstić information content (AvgIpc) is 2.94. The first kappa shape index (κ1) is 29.0. The summed E-state index contributed by atoms with van der Waals surface area (Å²) in [5.41, 5.74) is -0.482. The van der Waals surface area contributed by atoms with E-state index >= 15 is 0 Å². The van der Waals surface area contributed by atoms with Crippen LogP contribution in [0.2, 0.25) is 0 Å². The number of aliphatic hydroxyl groups is 6. The average molecular weight is 580 g/mol. The zero-order chi connectivity index (χ0) is 29.6. The summed E-state index contributed by atoms with van der Waals surface area (Å²) in [6.45, 7) is -1.09. The van der Waals surface area contributed by atoms with E-state index in [2.05, 4.69) is 0 Å². The molecule has 15 nitrogen and oxygen atoms in total. The number of aromatic hydroxyl groups is 3. The number of hydrogen-bond donors (Lipinski definition) is 9. The summed E-state index contributed by atoms with van der Waals surface area (Å²) in [5.74, 6) is -1.44. The van der Waals surface area contributed by atoms with E-state index in [9.17, 15) is 50.8 Å². The predicted molar refractivity (Wildman–Crippen MR) is 134 cm³/mol. The number of hydrogen-bond acceptors (Lipinski definition) is 15. The first-order chi connectivity index (χ1) is 19.5. The molecule has 0 bridgehead atoms. The molecule has 2 aliphatic rings. The van der Waals surface area contributed by atoms with Crippen LogP contribution in [0.3, 0.4) is 0 Å². The fourth-order valence-electron chi connectivity index (χ4n) is 4.61. The highest BCUT2D eigenvalue weighted by atomic mass is 16.7. The van der Waals surface area contributed by atoms with E-state index in [4.69, 9.17) is 23.4 Å². The topological polar surface area (TPSA) is 249 Å². The number of benzene rings is 2. The highest BCUT2D eigenvalue weighted by Crippen LogP contribution is 2.35. The Balaban J connectivity index is 1.32. The molecule has 5 rings (SSSR count). The lowest BCUT2D eigenvalue weighted by Crippen LogP contribution is -2.62. The highest BCUT2D eigenvalue weighted by Gasteiger charge is 2.48. The van der Waals surface area contributed by atoms with Crippen LogP contribution in [-0.4, -0.2) is 114 Å². The van der Waals surface area contributed by atoms with Crippen LogP contribution in [-0.2, 0) is 14.2 Å². The number of fused-ring (bicyclic) bond motifs is 1. The van der Waals surface area contributed by atoms with Crippen LogP contribution < -0.4 is 10.2 Å². The van der Waals surface area contributed by atoms with Crippen LogP contribution in [0.25, 0.3) is 22.3 Å². The molecule has 2 saturated heterocycles. The van der Waals surface area contributed by atoms with Crippen molar-refractivity contribution in [2.24, 2.45) is 0 Å². The minimum atomic E-state index is -1.74. The van der Waals surface area contributed by atoms with E-state index in [1.807, 2.05) is 0 Å². The summed E-state index contributed by atoms with van der Waals surface area (Å²) in [6.07, 6.45) is -14.1. The third kappa shape index (κ3) is 5.54. The SMILES string of the molecule is O=c1cc(-c2ccc(O)c(O)c2)oc2cc(O[C@@H]3OC[C@H](O[C@@H]4O[C@H](CO)[C@H](O)[C@H](O)[C@H]4O)[C@H](O)[C@H]3O)cc(O)c12. The Morgan fingerprint density at radius 3 is 2.24 bits per heavy atom. The third-order valence-corrected chi connectivity index (χ3v) is 6.89. The maximum atomic E-state index is 12.7. The van der Waals surface area contributed by atoms with E-state index in [1.54, 1.807) is 0 Å². The number of ether oxygens (including phenoxy) is 4. The quantitative estimate of drug-likeness (QED) is 0.146. The zero-order valence-corrected chi connectivity index (χ0v) is 21.0. The van der Waals surface area contributed by atoms with Gasteiger partial charge in [-0.15, -0.1) is 0 Å². The number of phenols is 3. The van der Waals surface area contributed by atoms with Gasteiger partial charge in [0.1, 0.15) is 71.0 Å². The van der Waals surface area contributed by atoms with Crippen LogP contribution in [0.15, 0.2) is 45.6 Å². The molecule has 15 heteroatoms. The van der Waals surface area contributed by atoms with E-state index in [0.717, 1.165) is 12.1 Å². The van der Waals surface area contributed by atoms with Crippen molar-refractivity contribution in [1.82, 2.24) is 0 Å². The fourth-order valence-corrected chi connectivity index (χ4v) is 4.61. The third-order valence-electron chi connectivity index (χ3n) is 6.89. The summed E-state index contributed by atoms with van der Waals surface area (Å²) >= 11 is 0. The van der Waals surface area contributed by atoms with Gasteiger partial charge in [-0.05, 0) is 18.2 Å². The van der Waals surface area contributed by atoms with Gasteiger partial charge in [0.2, 0.25) is 6.29 Å². The van der Waals surface area contributed by atoms with Crippen LogP contribution >= 0.6 is 0 Å². The van der Waals surface area contributed by atoms with Gasteiger partial charge in [0.05, 0.1) is 13.2 Å². The van der Waals surface area contributed by atoms with E-state index in [-0.39, 0.29) is 33.8 Å². The molecule has 3 heterocycles. The summed E-state index contributed by atoms with van der Waals surface area (Å²) in [4.78, 5) is 12.7. The number of rotatable bonds is 6. The van der Waals surface area contributed by atoms with Crippen molar-refractivity contribution in [2.45, 2.75) is 55.3 Å². The van der Waals surface area contributed by atoms with Crippen molar-refractivity contribution in [3.05, 3.63) is 46.6 Å². The summed E-state index contributed by atoms with van der Waals surface area (Å²) in [6, 6.07) is 7.18. The van der Waals surface area contributed by atoms with E-state index < -0.39 is 85.4 Å². The summed E-state index contributed by atoms with van der Waals surface area (Å²) in [5, 5.41) is 90.2. The lowest BCUT2D eigenvalue weighted by atomic mass is 9.99. The van der Waals surface area contributed by atoms with Gasteiger partial charge in [0, 0.05) is 23.8 Å². The molecule has 0 amide bonds. The first-order valence-corrected chi connectivity index (χ1v) is 12.4. The van der Waals surface area contributed by atoms with Crippen molar-refractivity contribution in [1.29, 1.82) is 0 Å². The Morgan fingerprint density at radius 2 is 1.54 bits per heavy atom. The first-order valence-electron chi connectivity index (χ1n) is 12.4. The smallest absolute Gasteiger partial charge is 0.228 e. The van der Waals surface area contributed by atoms with Gasteiger partial charge >= 0.3 is 0 Å². The molecule has 9 N–H and O–H groups in total. The normalized spacial score (nSPS) is 32.2. The van der Waals surface area contributed by atoms with Crippen molar-refractivity contribution in [2.75, 3.05) is 13.2 Å². The van der Waals surface area contributed by atoms with Crippen LogP contribution in [0.1, 0.15) is 0 Å². The fraction of sp³-hybridized carbons (Fsp3) is 0.423. The lowest BCUT2D eigenvalue weighted by Gasteiger charge is -2.43. The van der Waals surface area contributed by atoms with Crippen LogP contribution in [0.5, 0.6) is 23.0 Å². The molecule has 2 fully saturated rings. The monoisotopic (exact) mass is 580 g/mol. The molecule has 9 atom stereocenters. The minimum Gasteiger partial charge on any atom is -0.507 e. The second kappa shape index (κ2) is 11.4. The molecule has 1 aromatic heterocycles. The van der Waals surface area contributed by atoms with Crippen molar-refractivity contribution >= 4 is 11.0 Å². The molecule has 222 valence electrons. The van der Waals surface area contributed by atoms with Gasteiger partial charge in [0.15, 0.2) is 23.2 Å². The Bertz CT molecular complexity index is 1450. The van der Waals surface area contributed by atoms with Gasteiger partial charge in [-0.1, -0.05) is 0 Å². The Hall–Kier alpha value is -3.51. The molecular formula is C26H28O15. The zero-order valence-electron chi connectivity index (χ0n) is 21.0. The maximum Gasteiger partial charge on any atom is 0.228 e. The largest absolute Gasteiger partial charge is 0.507 e. The van der Waals surface area contributed by atoms with Gasteiger partial charge in [-0.2, -0.15) is 0 Å². The summed E-state index contributed by atoms with van der Waals surface area (Å²) < 4.78 is 27.5. The van der Waals surface area contributed by atoms with Gasteiger partial charge in [0.25, 0.3) is 0 Å². The second-order valence-corrected chi connectivity index (χ2v) is 9.67. The van der Waals surface area contributed by atoms with Crippen molar-refractivity contribution < 1.29 is 69.3 Å². The molecule has 0 spiro atoms. The van der Waals surface area contributed by atoms with E-state index in [0.29, 0.717) is 0 Å². The Labute approximate surface area is 230 Å². The van der Waals surface area contributed by atoms with Gasteiger partial charge in [-0.3, -0.25) is 4.79 Å². The lowest BCUT2D eigenvalue weighted by molar-refractivity contribution is -0.338. The minimum absolute atomic E-state index is 0.00640. The van der Waals surface area contributed by atoms with Crippen LogP contribution in [0, 0.1) is 0 Å². The Kier molecular flexibility index (Phi) is 8.06. The highest BCUT2D eigenvalue weighted by molar-refractivity contribution is 5.86. The van der Waals surface area contributed by atoms with Gasteiger partial charge < -0.3 is 69.3 Å². The molecule has 3 aromatic rings. The van der Waals surface area contributed by atoms with Gasteiger partial charge in [-0.25, -0.2) is 0 Å². The van der Waals surface area contributed by atoms with E-state index in [1.165, 1.54) is 24.3 Å². The second-order valence-electron chi connectivity index (χ2n) is 9.67. The standard InChI is InChI=1S/C26H28O15/c27-7-17-20(32)22(34)24(36)26(40-17)41-18-8-37-25(23(35)21(18)33)38-10-4-13(30)19-14(31)6-15(39-16(19)5-10)9-1-2-11(28)12(29)3-9/h1-6,17-18,20-30,32-36H,7-8H2/t17-,18+,20+,21+,22+,23-,24-,25+,26+/m1/s1. The number of phenolic OH excluding ortho intramolecular Hbond substituents is 3. The van der Waals surface area contributed by atoms with Crippen molar-refractivity contribution in [3.63, 3.8) is 0 Å². The molecule has 0 aliphatic carbocycles. The van der Waals surface area contributed by atoms with Crippen LogP contribution in [0.4, 0.5) is 0 Å². The Morgan fingerprint density at radius 1 is 0.805 bits per heavy atom. The summed E-state index contributed by atoms with van der Waals surface area (Å²) in [7, 11) is 0. The predicted octanol–water partition coefficient (Wildman–Crippen LogP) is -1.78. The molecular weight excluding hydrogens is 552 g/mol. The molecule has 0 saturated carbocycles. The molecule has 0 unspecified atom stereocenters. The number of aliphatic hydroxyl groups excluding tert-OH is 6. The maximum absolute atomic E-state index is 12.7. The molecule has 0 radical (unpaired) electrons.